The van der Waals surface area contributed by atoms with Crippen LogP contribution in [0.5, 0.6) is 5.75 Å². The van der Waals surface area contributed by atoms with Crippen LogP contribution in [0.4, 0.5) is 10.2 Å². The van der Waals surface area contributed by atoms with E-state index < -0.39 is 11.9 Å². The number of benzene rings is 2. The van der Waals surface area contributed by atoms with Gasteiger partial charge in [0.2, 0.25) is 0 Å². The molecule has 190 valence electrons. The third-order valence-electron chi connectivity index (χ3n) is 6.49. The normalized spacial score (nSPS) is 16.6. The fourth-order valence-electron chi connectivity index (χ4n) is 4.56. The number of anilines is 1. The van der Waals surface area contributed by atoms with Gasteiger partial charge < -0.3 is 20.5 Å². The molecule has 1 aromatic heterocycles. The summed E-state index contributed by atoms with van der Waals surface area (Å²) in [5.41, 5.74) is 8.51. The van der Waals surface area contributed by atoms with Gasteiger partial charge in [0.1, 0.15) is 11.9 Å². The van der Waals surface area contributed by atoms with Crippen LogP contribution >= 0.6 is 23.2 Å². The lowest BCUT2D eigenvalue weighted by molar-refractivity contribution is 0.0574. The molecule has 0 aliphatic carbocycles. The highest BCUT2D eigenvalue weighted by Crippen LogP contribution is 2.37. The highest BCUT2D eigenvalue weighted by atomic mass is 35.5. The van der Waals surface area contributed by atoms with E-state index in [1.165, 1.54) is 12.1 Å². The molecular formula is C27H28Cl2FN3O3. The number of hydrogen-bond donors (Lipinski definition) is 2. The molecule has 4 rings (SSSR count). The maximum atomic E-state index is 14.0. The number of aliphatic hydroxyl groups excluding tert-OH is 1. The number of piperidine rings is 1. The van der Waals surface area contributed by atoms with Gasteiger partial charge in [-0.3, -0.25) is 4.79 Å². The number of rotatable bonds is 7. The van der Waals surface area contributed by atoms with E-state index in [9.17, 15) is 14.3 Å². The maximum Gasteiger partial charge on any atom is 0.254 e. The summed E-state index contributed by atoms with van der Waals surface area (Å²) in [5, 5.41) is 9.54. The molecule has 1 aliphatic rings. The monoisotopic (exact) mass is 531 g/mol. The van der Waals surface area contributed by atoms with Gasteiger partial charge in [-0.15, -0.1) is 0 Å². The molecule has 0 unspecified atom stereocenters. The molecule has 3 aromatic rings. The number of amides is 1. The number of aliphatic hydroxyl groups is 1. The van der Waals surface area contributed by atoms with Crippen LogP contribution in [0, 0.1) is 5.82 Å². The second-order valence-corrected chi connectivity index (χ2v) is 9.65. The molecule has 0 bridgehead atoms. The van der Waals surface area contributed by atoms with E-state index in [1.54, 1.807) is 31.3 Å². The fourth-order valence-corrected chi connectivity index (χ4v) is 5.24. The molecule has 1 fully saturated rings. The number of halogens is 3. The number of nitrogens with two attached hydrogens (primary N) is 1. The Morgan fingerprint density at radius 1 is 1.22 bits per heavy atom. The lowest BCUT2D eigenvalue weighted by atomic mass is 9.98. The fraction of sp³-hybridized carbons (Fsp3) is 0.333. The minimum absolute atomic E-state index is 0.0307. The van der Waals surface area contributed by atoms with Gasteiger partial charge in [0.25, 0.3) is 5.91 Å². The Balaban J connectivity index is 1.54. The molecule has 36 heavy (non-hydrogen) atoms. The van der Waals surface area contributed by atoms with Crippen molar-refractivity contribution in [3.63, 3.8) is 0 Å². The number of hydrogen-bond acceptors (Lipinski definition) is 5. The first-order valence-electron chi connectivity index (χ1n) is 11.9. The first kappa shape index (κ1) is 26.2. The van der Waals surface area contributed by atoms with Gasteiger partial charge in [-0.1, -0.05) is 35.3 Å². The zero-order chi connectivity index (χ0) is 25.8. The highest BCUT2D eigenvalue weighted by molar-refractivity contribution is 6.36. The third kappa shape index (κ3) is 5.59. The Hall–Kier alpha value is -2.87. The van der Waals surface area contributed by atoms with Crippen LogP contribution in [0.25, 0.3) is 11.1 Å². The van der Waals surface area contributed by atoms with Crippen molar-refractivity contribution in [2.24, 2.45) is 0 Å². The molecule has 3 N–H and O–H groups in total. The Morgan fingerprint density at radius 2 is 1.97 bits per heavy atom. The van der Waals surface area contributed by atoms with Crippen LogP contribution < -0.4 is 10.5 Å². The molecule has 0 spiro atoms. The van der Waals surface area contributed by atoms with Crippen LogP contribution in [0.2, 0.25) is 10.0 Å². The number of nitrogen functional groups attached to an aromatic ring is 1. The Bertz CT molecular complexity index is 1240. The molecule has 9 heteroatoms. The van der Waals surface area contributed by atoms with Crippen LogP contribution in [-0.2, 0) is 0 Å². The average molecular weight is 532 g/mol. The maximum absolute atomic E-state index is 14.0. The van der Waals surface area contributed by atoms with Gasteiger partial charge in [-0.2, -0.15) is 0 Å². The summed E-state index contributed by atoms with van der Waals surface area (Å²) < 4.78 is 20.0. The molecule has 1 saturated heterocycles. The van der Waals surface area contributed by atoms with Gasteiger partial charge in [-0.05, 0) is 68.5 Å². The van der Waals surface area contributed by atoms with Crippen molar-refractivity contribution in [3.8, 4) is 16.9 Å². The van der Waals surface area contributed by atoms with Crippen molar-refractivity contribution in [2.75, 3.05) is 18.9 Å². The quantitative estimate of drug-likeness (QED) is 0.349. The smallest absolute Gasteiger partial charge is 0.254 e. The minimum Gasteiger partial charge on any atom is -0.482 e. The molecule has 0 radical (unpaired) electrons. The average Bonchev–Trinajstić information content (AvgIpc) is 2.88. The van der Waals surface area contributed by atoms with E-state index in [4.69, 9.17) is 33.7 Å². The zero-order valence-corrected chi connectivity index (χ0v) is 21.4. The SMILES string of the molecule is C[C@H](Oc1cc(-c2ccc(C(=O)N3CCCC[C@@H]3CCO)cc2)cnc1N)c1c(Cl)ccc(F)c1Cl. The first-order valence-corrected chi connectivity index (χ1v) is 12.6. The van der Waals surface area contributed by atoms with Gasteiger partial charge in [0, 0.05) is 47.1 Å². The number of carbonyl (C=O) groups is 1. The predicted molar refractivity (Wildman–Crippen MR) is 140 cm³/mol. The Morgan fingerprint density at radius 3 is 2.69 bits per heavy atom. The molecule has 2 heterocycles. The van der Waals surface area contributed by atoms with E-state index in [2.05, 4.69) is 4.98 Å². The van der Waals surface area contributed by atoms with Crippen LogP contribution in [-0.4, -0.2) is 40.1 Å². The number of nitrogens with zero attached hydrogens (tertiary/aromatic N) is 2. The van der Waals surface area contributed by atoms with Crippen molar-refractivity contribution in [1.29, 1.82) is 0 Å². The number of ether oxygens (including phenoxy) is 1. The van der Waals surface area contributed by atoms with E-state index in [1.807, 2.05) is 17.0 Å². The molecular weight excluding hydrogens is 504 g/mol. The van der Waals surface area contributed by atoms with E-state index in [0.29, 0.717) is 29.8 Å². The van der Waals surface area contributed by atoms with Crippen molar-refractivity contribution >= 4 is 34.9 Å². The Kier molecular flexibility index (Phi) is 8.34. The van der Waals surface area contributed by atoms with Gasteiger partial charge in [-0.25, -0.2) is 9.37 Å². The summed E-state index contributed by atoms with van der Waals surface area (Å²) in [5.74, 6) is -0.150. The van der Waals surface area contributed by atoms with E-state index in [-0.39, 0.29) is 34.4 Å². The van der Waals surface area contributed by atoms with Crippen molar-refractivity contribution in [2.45, 2.75) is 44.8 Å². The summed E-state index contributed by atoms with van der Waals surface area (Å²) in [4.78, 5) is 19.2. The standard InChI is InChI=1S/C27H28Cl2FN3O3/c1-16(24-21(28)9-10-22(30)25(24)29)36-23-14-19(15-32-26(23)31)17-5-7-18(8-6-17)27(35)33-12-3-2-4-20(33)11-13-34/h5-10,14-16,20,34H,2-4,11-13H2,1H3,(H2,31,32)/t16-,20+/m0/s1. The summed E-state index contributed by atoms with van der Waals surface area (Å²) >= 11 is 12.4. The zero-order valence-electron chi connectivity index (χ0n) is 19.9. The van der Waals surface area contributed by atoms with Gasteiger partial charge in [0.05, 0.1) is 5.02 Å². The van der Waals surface area contributed by atoms with E-state index >= 15 is 0 Å². The predicted octanol–water partition coefficient (Wildman–Crippen LogP) is 6.29. The van der Waals surface area contributed by atoms with Gasteiger partial charge in [0.15, 0.2) is 11.6 Å². The lowest BCUT2D eigenvalue weighted by Gasteiger charge is -2.35. The molecule has 2 atom stereocenters. The summed E-state index contributed by atoms with van der Waals surface area (Å²) in [6, 6.07) is 11.7. The molecule has 0 saturated carbocycles. The summed E-state index contributed by atoms with van der Waals surface area (Å²) in [6.07, 6.45) is 4.47. The lowest BCUT2D eigenvalue weighted by Crippen LogP contribution is -2.44. The summed E-state index contributed by atoms with van der Waals surface area (Å²) in [7, 11) is 0. The van der Waals surface area contributed by atoms with Crippen LogP contribution in [0.15, 0.2) is 48.7 Å². The molecule has 1 aliphatic heterocycles. The topological polar surface area (TPSA) is 88.7 Å². The van der Waals surface area contributed by atoms with Crippen molar-refractivity contribution in [3.05, 3.63) is 75.7 Å². The number of aromatic nitrogens is 1. The van der Waals surface area contributed by atoms with E-state index in [0.717, 1.165) is 30.4 Å². The summed E-state index contributed by atoms with van der Waals surface area (Å²) in [6.45, 7) is 2.47. The Labute approximate surface area is 219 Å². The van der Waals surface area contributed by atoms with Crippen LogP contribution in [0.1, 0.15) is 54.6 Å². The van der Waals surface area contributed by atoms with Crippen molar-refractivity contribution in [1.82, 2.24) is 9.88 Å². The largest absolute Gasteiger partial charge is 0.482 e. The number of likely N-dealkylation sites (tertiary alicyclic amines) is 1. The van der Waals surface area contributed by atoms with Gasteiger partial charge >= 0.3 is 0 Å². The number of pyridine rings is 1. The highest BCUT2D eigenvalue weighted by Gasteiger charge is 2.27. The minimum atomic E-state index is -0.684. The number of carbonyl (C=O) groups excluding carboxylic acids is 1. The molecule has 1 amide bonds. The second kappa shape index (κ2) is 11.5. The molecule has 2 aromatic carbocycles. The van der Waals surface area contributed by atoms with Crippen molar-refractivity contribution < 1.29 is 19.0 Å². The second-order valence-electron chi connectivity index (χ2n) is 8.86. The first-order chi connectivity index (χ1) is 17.3. The molecule has 6 nitrogen and oxygen atoms in total. The third-order valence-corrected chi connectivity index (χ3v) is 7.20. The van der Waals surface area contributed by atoms with Crippen LogP contribution in [0.3, 0.4) is 0 Å².